The standard InChI is InChI=1S/C19H21ClN2O3/c1-19(2,3)13-8-10-14(11-9-13)25-12-17(23)21-22-18(24)15-6-4-5-7-16(15)20/h4-11H,12H2,1-3H3,(H,21,23)(H,22,24). The van der Waals surface area contributed by atoms with Crippen molar-refractivity contribution in [2.24, 2.45) is 0 Å². The van der Waals surface area contributed by atoms with Crippen molar-refractivity contribution in [1.82, 2.24) is 10.9 Å². The Labute approximate surface area is 152 Å². The summed E-state index contributed by atoms with van der Waals surface area (Å²) in [6, 6.07) is 14.1. The molecule has 0 aliphatic carbocycles. The number of nitrogens with one attached hydrogen (secondary N) is 2. The Morgan fingerprint density at radius 3 is 2.24 bits per heavy atom. The van der Waals surface area contributed by atoms with Gasteiger partial charge in [0.2, 0.25) is 0 Å². The quantitative estimate of drug-likeness (QED) is 0.820. The Bertz CT molecular complexity index is 752. The van der Waals surface area contributed by atoms with Crippen molar-refractivity contribution in [3.05, 3.63) is 64.7 Å². The number of hydrazine groups is 1. The summed E-state index contributed by atoms with van der Waals surface area (Å²) >= 11 is 5.92. The zero-order valence-corrected chi connectivity index (χ0v) is 15.2. The maximum Gasteiger partial charge on any atom is 0.276 e. The fourth-order valence-corrected chi connectivity index (χ4v) is 2.30. The largest absolute Gasteiger partial charge is 0.484 e. The van der Waals surface area contributed by atoms with Crippen molar-refractivity contribution in [3.8, 4) is 5.75 Å². The van der Waals surface area contributed by atoms with E-state index >= 15 is 0 Å². The van der Waals surface area contributed by atoms with Gasteiger partial charge in [0.1, 0.15) is 5.75 Å². The second-order valence-electron chi connectivity index (χ2n) is 6.55. The second kappa shape index (κ2) is 8.03. The van der Waals surface area contributed by atoms with Crippen molar-refractivity contribution in [3.63, 3.8) is 0 Å². The first kappa shape index (κ1) is 18.8. The Balaban J connectivity index is 1.81. The van der Waals surface area contributed by atoms with E-state index in [0.29, 0.717) is 10.8 Å². The van der Waals surface area contributed by atoms with Gasteiger partial charge in [-0.1, -0.05) is 56.6 Å². The highest BCUT2D eigenvalue weighted by molar-refractivity contribution is 6.33. The highest BCUT2D eigenvalue weighted by atomic mass is 35.5. The molecular formula is C19H21ClN2O3. The first-order valence-electron chi connectivity index (χ1n) is 7.84. The Kier molecular flexibility index (Phi) is 6.04. The number of amides is 2. The maximum absolute atomic E-state index is 11.9. The van der Waals surface area contributed by atoms with Crippen LogP contribution in [-0.2, 0) is 10.2 Å². The number of benzene rings is 2. The average Bonchev–Trinajstić information content (AvgIpc) is 2.58. The first-order chi connectivity index (χ1) is 11.8. The number of hydrogen-bond acceptors (Lipinski definition) is 3. The molecule has 0 unspecified atom stereocenters. The van der Waals surface area contributed by atoms with Crippen LogP contribution in [0.5, 0.6) is 5.75 Å². The normalized spacial score (nSPS) is 10.9. The topological polar surface area (TPSA) is 67.4 Å². The highest BCUT2D eigenvalue weighted by Crippen LogP contribution is 2.24. The molecule has 0 radical (unpaired) electrons. The molecule has 2 amide bonds. The van der Waals surface area contributed by atoms with E-state index in [1.54, 1.807) is 24.3 Å². The van der Waals surface area contributed by atoms with Gasteiger partial charge in [-0.05, 0) is 35.2 Å². The molecule has 0 saturated carbocycles. The van der Waals surface area contributed by atoms with Crippen LogP contribution in [0.25, 0.3) is 0 Å². The molecule has 132 valence electrons. The minimum Gasteiger partial charge on any atom is -0.484 e. The van der Waals surface area contributed by atoms with E-state index in [9.17, 15) is 9.59 Å². The summed E-state index contributed by atoms with van der Waals surface area (Å²) in [7, 11) is 0. The predicted molar refractivity (Wildman–Crippen MR) is 97.7 cm³/mol. The lowest BCUT2D eigenvalue weighted by Gasteiger charge is -2.19. The van der Waals surface area contributed by atoms with E-state index < -0.39 is 11.8 Å². The van der Waals surface area contributed by atoms with Gasteiger partial charge in [-0.2, -0.15) is 0 Å². The van der Waals surface area contributed by atoms with Crippen LogP contribution in [0.1, 0.15) is 36.7 Å². The Hall–Kier alpha value is -2.53. The molecule has 5 nitrogen and oxygen atoms in total. The van der Waals surface area contributed by atoms with Crippen molar-refractivity contribution in [2.45, 2.75) is 26.2 Å². The molecule has 0 atom stereocenters. The minimum absolute atomic E-state index is 0.0545. The van der Waals surface area contributed by atoms with Crippen LogP contribution in [0, 0.1) is 0 Å². The lowest BCUT2D eigenvalue weighted by molar-refractivity contribution is -0.123. The third kappa shape index (κ3) is 5.50. The summed E-state index contributed by atoms with van der Waals surface area (Å²) in [5, 5.41) is 0.310. The third-order valence-corrected chi connectivity index (χ3v) is 3.85. The van der Waals surface area contributed by atoms with E-state index in [-0.39, 0.29) is 17.6 Å². The number of rotatable bonds is 4. The van der Waals surface area contributed by atoms with E-state index in [1.165, 1.54) is 5.56 Å². The molecule has 0 fully saturated rings. The van der Waals surface area contributed by atoms with Crippen LogP contribution in [-0.4, -0.2) is 18.4 Å². The predicted octanol–water partition coefficient (Wildman–Crippen LogP) is 3.48. The Morgan fingerprint density at radius 1 is 1.00 bits per heavy atom. The van der Waals surface area contributed by atoms with Crippen LogP contribution in [0.2, 0.25) is 5.02 Å². The van der Waals surface area contributed by atoms with Gasteiger partial charge in [0, 0.05) is 0 Å². The number of ether oxygens (including phenoxy) is 1. The van der Waals surface area contributed by atoms with Crippen LogP contribution < -0.4 is 15.6 Å². The smallest absolute Gasteiger partial charge is 0.276 e. The zero-order chi connectivity index (χ0) is 18.4. The number of carbonyl (C=O) groups excluding carboxylic acids is 2. The molecule has 0 spiro atoms. The van der Waals surface area contributed by atoms with Crippen molar-refractivity contribution in [2.75, 3.05) is 6.61 Å². The lowest BCUT2D eigenvalue weighted by Crippen LogP contribution is -2.43. The minimum atomic E-state index is -0.492. The number of hydrogen-bond donors (Lipinski definition) is 2. The molecule has 2 aromatic carbocycles. The first-order valence-corrected chi connectivity index (χ1v) is 8.22. The fraction of sp³-hybridized carbons (Fsp3) is 0.263. The molecule has 2 aromatic rings. The van der Waals surface area contributed by atoms with Crippen molar-refractivity contribution < 1.29 is 14.3 Å². The molecule has 0 bridgehead atoms. The van der Waals surface area contributed by atoms with Gasteiger partial charge in [-0.3, -0.25) is 20.4 Å². The monoisotopic (exact) mass is 360 g/mol. The molecule has 0 aliphatic heterocycles. The summed E-state index contributed by atoms with van der Waals surface area (Å²) in [6.45, 7) is 6.16. The lowest BCUT2D eigenvalue weighted by atomic mass is 9.87. The summed E-state index contributed by atoms with van der Waals surface area (Å²) in [6.07, 6.45) is 0. The molecule has 0 saturated heterocycles. The summed E-state index contributed by atoms with van der Waals surface area (Å²) < 4.78 is 5.41. The Morgan fingerprint density at radius 2 is 1.64 bits per heavy atom. The molecule has 6 heteroatoms. The van der Waals surface area contributed by atoms with Gasteiger partial charge in [0.15, 0.2) is 6.61 Å². The fourth-order valence-electron chi connectivity index (χ4n) is 2.08. The van der Waals surface area contributed by atoms with Crippen LogP contribution >= 0.6 is 11.6 Å². The molecule has 2 N–H and O–H groups in total. The van der Waals surface area contributed by atoms with E-state index in [4.69, 9.17) is 16.3 Å². The number of carbonyl (C=O) groups is 2. The third-order valence-electron chi connectivity index (χ3n) is 3.52. The molecule has 0 heterocycles. The molecule has 0 aromatic heterocycles. The van der Waals surface area contributed by atoms with Gasteiger partial charge in [0.25, 0.3) is 11.8 Å². The second-order valence-corrected chi connectivity index (χ2v) is 6.95. The van der Waals surface area contributed by atoms with Gasteiger partial charge in [-0.15, -0.1) is 0 Å². The average molecular weight is 361 g/mol. The van der Waals surface area contributed by atoms with Crippen molar-refractivity contribution in [1.29, 1.82) is 0 Å². The highest BCUT2D eigenvalue weighted by Gasteiger charge is 2.14. The van der Waals surface area contributed by atoms with Crippen LogP contribution in [0.15, 0.2) is 48.5 Å². The van der Waals surface area contributed by atoms with Crippen molar-refractivity contribution >= 4 is 23.4 Å². The van der Waals surface area contributed by atoms with E-state index in [1.807, 2.05) is 24.3 Å². The SMILES string of the molecule is CC(C)(C)c1ccc(OCC(=O)NNC(=O)c2ccccc2Cl)cc1. The molecular weight excluding hydrogens is 340 g/mol. The van der Waals surface area contributed by atoms with Gasteiger partial charge in [0.05, 0.1) is 10.6 Å². The van der Waals surface area contributed by atoms with Crippen LogP contribution in [0.3, 0.4) is 0 Å². The summed E-state index contributed by atoms with van der Waals surface area (Å²) in [5.74, 6) is -0.380. The summed E-state index contributed by atoms with van der Waals surface area (Å²) in [4.78, 5) is 23.7. The van der Waals surface area contributed by atoms with Gasteiger partial charge < -0.3 is 4.74 Å². The number of halogens is 1. The van der Waals surface area contributed by atoms with Crippen LogP contribution in [0.4, 0.5) is 0 Å². The van der Waals surface area contributed by atoms with E-state index in [0.717, 1.165) is 0 Å². The van der Waals surface area contributed by atoms with Gasteiger partial charge in [-0.25, -0.2) is 0 Å². The molecule has 0 aliphatic rings. The molecule has 2 rings (SSSR count). The van der Waals surface area contributed by atoms with Gasteiger partial charge >= 0.3 is 0 Å². The molecule has 25 heavy (non-hydrogen) atoms. The summed E-state index contributed by atoms with van der Waals surface area (Å²) in [5.41, 5.74) is 6.11. The van der Waals surface area contributed by atoms with E-state index in [2.05, 4.69) is 31.6 Å². The maximum atomic E-state index is 11.9. The zero-order valence-electron chi connectivity index (χ0n) is 14.4.